The minimum Gasteiger partial charge on any atom is -0.481 e. The normalized spacial score (nSPS) is 10.7. The lowest BCUT2D eigenvalue weighted by atomic mass is 9.90. The summed E-state index contributed by atoms with van der Waals surface area (Å²) >= 11 is 0. The minimum atomic E-state index is -0.804. The van der Waals surface area contributed by atoms with Gasteiger partial charge in [-0.3, -0.25) is 4.79 Å². The van der Waals surface area contributed by atoms with Crippen LogP contribution in [0.15, 0.2) is 60.7 Å². The Morgan fingerprint density at radius 2 is 1.62 bits per heavy atom. The zero-order chi connectivity index (χ0) is 14.8. The molecule has 0 atom stereocenters. The summed E-state index contributed by atoms with van der Waals surface area (Å²) in [5, 5.41) is 11.4. The van der Waals surface area contributed by atoms with Gasteiger partial charge in [-0.15, -0.1) is 0 Å². The van der Waals surface area contributed by atoms with Crippen molar-refractivity contribution in [1.82, 2.24) is 0 Å². The smallest absolute Gasteiger partial charge is 0.307 e. The number of rotatable bonds is 3. The van der Waals surface area contributed by atoms with Gasteiger partial charge in [0.2, 0.25) is 0 Å². The van der Waals surface area contributed by atoms with Crippen LogP contribution in [0.25, 0.3) is 21.9 Å². The quantitative estimate of drug-likeness (QED) is 0.767. The summed E-state index contributed by atoms with van der Waals surface area (Å²) in [6.07, 6.45) is 0.0328. The van der Waals surface area contributed by atoms with E-state index in [1.165, 1.54) is 0 Å². The number of carboxylic acids is 1. The molecule has 21 heavy (non-hydrogen) atoms. The Hall–Kier alpha value is -2.61. The lowest BCUT2D eigenvalue weighted by Crippen LogP contribution is -2.03. The fraction of sp³-hybridized carbons (Fsp3) is 0.105. The van der Waals surface area contributed by atoms with Crippen molar-refractivity contribution >= 4 is 16.7 Å². The number of fused-ring (bicyclic) bond motifs is 1. The minimum absolute atomic E-state index is 0.0328. The molecule has 0 fully saturated rings. The predicted octanol–water partition coefficient (Wildman–Crippen LogP) is 4.44. The summed E-state index contributed by atoms with van der Waals surface area (Å²) in [6, 6.07) is 20.1. The van der Waals surface area contributed by atoms with Gasteiger partial charge in [0.1, 0.15) is 0 Å². The fourth-order valence-corrected chi connectivity index (χ4v) is 2.81. The van der Waals surface area contributed by atoms with Crippen molar-refractivity contribution in [2.45, 2.75) is 13.3 Å². The van der Waals surface area contributed by atoms with Crippen LogP contribution in [0, 0.1) is 6.92 Å². The van der Waals surface area contributed by atoms with Gasteiger partial charge in [-0.25, -0.2) is 0 Å². The number of hydrogen-bond acceptors (Lipinski definition) is 1. The molecule has 2 heteroatoms. The van der Waals surface area contributed by atoms with Gasteiger partial charge in [0, 0.05) is 0 Å². The van der Waals surface area contributed by atoms with E-state index in [1.54, 1.807) is 0 Å². The standard InChI is InChI=1S/C19H16O2/c1-13-6-2-4-8-15(13)17-11-10-14-7-3-5-9-16(14)18(17)12-19(20)21/h2-11H,12H2,1H3,(H,20,21). The molecule has 0 amide bonds. The maximum atomic E-state index is 11.3. The second kappa shape index (κ2) is 5.41. The molecule has 104 valence electrons. The van der Waals surface area contributed by atoms with Crippen molar-refractivity contribution in [1.29, 1.82) is 0 Å². The van der Waals surface area contributed by atoms with Gasteiger partial charge in [-0.1, -0.05) is 60.7 Å². The molecule has 0 aromatic heterocycles. The van der Waals surface area contributed by atoms with Crippen LogP contribution in [-0.4, -0.2) is 11.1 Å². The first kappa shape index (κ1) is 13.4. The topological polar surface area (TPSA) is 37.3 Å². The Morgan fingerprint density at radius 1 is 0.905 bits per heavy atom. The van der Waals surface area contributed by atoms with Gasteiger partial charge in [-0.2, -0.15) is 0 Å². The van der Waals surface area contributed by atoms with E-state index >= 15 is 0 Å². The van der Waals surface area contributed by atoms with Crippen LogP contribution in [0.3, 0.4) is 0 Å². The van der Waals surface area contributed by atoms with Crippen molar-refractivity contribution in [3.8, 4) is 11.1 Å². The van der Waals surface area contributed by atoms with Crippen molar-refractivity contribution in [3.05, 3.63) is 71.8 Å². The van der Waals surface area contributed by atoms with E-state index in [2.05, 4.69) is 19.1 Å². The molecule has 3 aromatic carbocycles. The van der Waals surface area contributed by atoms with E-state index in [1.807, 2.05) is 48.5 Å². The number of benzene rings is 3. The van der Waals surface area contributed by atoms with Gasteiger partial charge in [-0.05, 0) is 39.9 Å². The Morgan fingerprint density at radius 3 is 2.38 bits per heavy atom. The number of carbonyl (C=O) groups is 1. The highest BCUT2D eigenvalue weighted by atomic mass is 16.4. The van der Waals surface area contributed by atoms with E-state index in [0.29, 0.717) is 0 Å². The molecule has 3 aromatic rings. The average Bonchev–Trinajstić information content (AvgIpc) is 2.48. The maximum Gasteiger partial charge on any atom is 0.307 e. The van der Waals surface area contributed by atoms with E-state index in [4.69, 9.17) is 0 Å². The van der Waals surface area contributed by atoms with Gasteiger partial charge in [0.25, 0.3) is 0 Å². The predicted molar refractivity (Wildman–Crippen MR) is 85.5 cm³/mol. The first-order chi connectivity index (χ1) is 10.2. The Labute approximate surface area is 123 Å². The van der Waals surface area contributed by atoms with Crippen LogP contribution in [0.4, 0.5) is 0 Å². The number of hydrogen-bond donors (Lipinski definition) is 1. The molecular weight excluding hydrogens is 260 g/mol. The molecule has 0 aliphatic rings. The lowest BCUT2D eigenvalue weighted by Gasteiger charge is -2.14. The van der Waals surface area contributed by atoms with Gasteiger partial charge < -0.3 is 5.11 Å². The van der Waals surface area contributed by atoms with Crippen molar-refractivity contribution in [2.24, 2.45) is 0 Å². The Kier molecular flexibility index (Phi) is 3.44. The molecular formula is C19H16O2. The molecule has 0 aliphatic carbocycles. The van der Waals surface area contributed by atoms with Gasteiger partial charge in [0.15, 0.2) is 0 Å². The first-order valence-electron chi connectivity index (χ1n) is 6.95. The second-order valence-electron chi connectivity index (χ2n) is 5.20. The first-order valence-corrected chi connectivity index (χ1v) is 6.95. The van der Waals surface area contributed by atoms with Gasteiger partial charge in [0.05, 0.1) is 6.42 Å². The molecule has 0 heterocycles. The van der Waals surface area contributed by atoms with Crippen molar-refractivity contribution in [2.75, 3.05) is 0 Å². The number of carboxylic acid groups (broad SMARTS) is 1. The third-order valence-corrected chi connectivity index (χ3v) is 3.80. The van der Waals surface area contributed by atoms with E-state index < -0.39 is 5.97 Å². The molecule has 0 radical (unpaired) electrons. The van der Waals surface area contributed by atoms with Crippen LogP contribution < -0.4 is 0 Å². The maximum absolute atomic E-state index is 11.3. The summed E-state index contributed by atoms with van der Waals surface area (Å²) in [5.41, 5.74) is 4.14. The molecule has 0 aliphatic heterocycles. The highest BCUT2D eigenvalue weighted by Crippen LogP contribution is 2.32. The largest absolute Gasteiger partial charge is 0.481 e. The molecule has 0 unspecified atom stereocenters. The van der Waals surface area contributed by atoms with Crippen LogP contribution in [0.2, 0.25) is 0 Å². The highest BCUT2D eigenvalue weighted by Gasteiger charge is 2.13. The molecule has 3 rings (SSSR count). The molecule has 1 N–H and O–H groups in total. The Bertz CT molecular complexity index is 819. The molecule has 0 saturated carbocycles. The molecule has 2 nitrogen and oxygen atoms in total. The highest BCUT2D eigenvalue weighted by molar-refractivity contribution is 5.95. The second-order valence-corrected chi connectivity index (χ2v) is 5.20. The van der Waals surface area contributed by atoms with Crippen molar-refractivity contribution in [3.63, 3.8) is 0 Å². The molecule has 0 bridgehead atoms. The van der Waals surface area contributed by atoms with Gasteiger partial charge >= 0.3 is 5.97 Å². The summed E-state index contributed by atoms with van der Waals surface area (Å²) in [6.45, 7) is 2.05. The zero-order valence-electron chi connectivity index (χ0n) is 11.8. The third kappa shape index (κ3) is 2.52. The summed E-state index contributed by atoms with van der Waals surface area (Å²) in [4.78, 5) is 11.3. The molecule has 0 spiro atoms. The summed E-state index contributed by atoms with van der Waals surface area (Å²) in [5.74, 6) is -0.804. The van der Waals surface area contributed by atoms with Crippen LogP contribution in [0.1, 0.15) is 11.1 Å². The Balaban J connectivity index is 2.32. The van der Waals surface area contributed by atoms with E-state index in [0.717, 1.165) is 33.0 Å². The lowest BCUT2D eigenvalue weighted by molar-refractivity contribution is -0.136. The number of aliphatic carboxylic acids is 1. The summed E-state index contributed by atoms with van der Waals surface area (Å²) < 4.78 is 0. The van der Waals surface area contributed by atoms with Crippen LogP contribution >= 0.6 is 0 Å². The van der Waals surface area contributed by atoms with E-state index in [-0.39, 0.29) is 6.42 Å². The van der Waals surface area contributed by atoms with Crippen LogP contribution in [0.5, 0.6) is 0 Å². The monoisotopic (exact) mass is 276 g/mol. The summed E-state index contributed by atoms with van der Waals surface area (Å²) in [7, 11) is 0. The van der Waals surface area contributed by atoms with Crippen molar-refractivity contribution < 1.29 is 9.90 Å². The zero-order valence-corrected chi connectivity index (χ0v) is 11.8. The third-order valence-electron chi connectivity index (χ3n) is 3.80. The molecule has 0 saturated heterocycles. The van der Waals surface area contributed by atoms with Crippen LogP contribution in [-0.2, 0) is 11.2 Å². The number of aryl methyl sites for hydroxylation is 1. The van der Waals surface area contributed by atoms with E-state index in [9.17, 15) is 9.90 Å². The SMILES string of the molecule is Cc1ccccc1-c1ccc2ccccc2c1CC(=O)O. The average molecular weight is 276 g/mol. The fourth-order valence-electron chi connectivity index (χ4n) is 2.81.